The minimum absolute atomic E-state index is 0.00544. The molecular weight excluding hydrogens is 354 g/mol. The Morgan fingerprint density at radius 3 is 2.85 bits per heavy atom. The van der Waals surface area contributed by atoms with Crippen LogP contribution in [0.1, 0.15) is 46.3 Å². The van der Waals surface area contributed by atoms with E-state index in [1.807, 2.05) is 0 Å². The summed E-state index contributed by atoms with van der Waals surface area (Å²) in [5, 5.41) is 5.64. The quantitative estimate of drug-likeness (QED) is 0.810. The van der Waals surface area contributed by atoms with Gasteiger partial charge in [-0.3, -0.25) is 4.79 Å². The Morgan fingerprint density at radius 1 is 1.35 bits per heavy atom. The van der Waals surface area contributed by atoms with Crippen molar-refractivity contribution in [1.29, 1.82) is 0 Å². The van der Waals surface area contributed by atoms with Gasteiger partial charge in [0.25, 0.3) is 5.91 Å². The molecule has 1 aliphatic rings. The number of amides is 1. The zero-order chi connectivity index (χ0) is 18.7. The van der Waals surface area contributed by atoms with Gasteiger partial charge in [0.15, 0.2) is 11.6 Å². The molecule has 0 bridgehead atoms. The predicted octanol–water partition coefficient (Wildman–Crippen LogP) is 3.23. The first-order valence-electron chi connectivity index (χ1n) is 8.14. The number of nitrogens with zero attached hydrogens (tertiary/aromatic N) is 1. The highest BCUT2D eigenvalue weighted by Gasteiger charge is 2.31. The first kappa shape index (κ1) is 18.4. The first-order valence-corrected chi connectivity index (χ1v) is 8.14. The molecule has 1 unspecified atom stereocenters. The largest absolute Gasteiger partial charge is 0.448 e. The smallest absolute Gasteiger partial charge is 0.416 e. The number of halogens is 4. The fraction of sp³-hybridized carbons (Fsp3) is 0.412. The second-order valence-electron chi connectivity index (χ2n) is 6.14. The molecular formula is C17H17F4N3O2. The summed E-state index contributed by atoms with van der Waals surface area (Å²) < 4.78 is 56.8. The van der Waals surface area contributed by atoms with Gasteiger partial charge in [-0.1, -0.05) is 0 Å². The number of oxazole rings is 1. The van der Waals surface area contributed by atoms with E-state index in [2.05, 4.69) is 15.6 Å². The number of carbonyl (C=O) groups is 1. The zero-order valence-corrected chi connectivity index (χ0v) is 13.7. The van der Waals surface area contributed by atoms with Crippen molar-refractivity contribution in [1.82, 2.24) is 15.6 Å². The molecule has 140 valence electrons. The summed E-state index contributed by atoms with van der Waals surface area (Å²) >= 11 is 0. The first-order chi connectivity index (χ1) is 12.3. The number of aromatic nitrogens is 1. The van der Waals surface area contributed by atoms with Crippen LogP contribution < -0.4 is 10.6 Å². The van der Waals surface area contributed by atoms with E-state index in [4.69, 9.17) is 4.42 Å². The highest BCUT2D eigenvalue weighted by Crippen LogP contribution is 2.30. The lowest BCUT2D eigenvalue weighted by Crippen LogP contribution is -2.28. The van der Waals surface area contributed by atoms with E-state index in [1.54, 1.807) is 0 Å². The maximum atomic E-state index is 13.4. The van der Waals surface area contributed by atoms with Gasteiger partial charge in [0.1, 0.15) is 12.1 Å². The molecule has 0 spiro atoms. The Kier molecular flexibility index (Phi) is 5.26. The van der Waals surface area contributed by atoms with E-state index < -0.39 is 23.5 Å². The van der Waals surface area contributed by atoms with Crippen LogP contribution in [0, 0.1) is 5.82 Å². The van der Waals surface area contributed by atoms with Gasteiger partial charge in [-0.25, -0.2) is 9.37 Å². The van der Waals surface area contributed by atoms with Gasteiger partial charge in [-0.2, -0.15) is 13.2 Å². The molecule has 0 aliphatic carbocycles. The molecule has 1 amide bonds. The van der Waals surface area contributed by atoms with Crippen molar-refractivity contribution in [3.05, 3.63) is 53.0 Å². The van der Waals surface area contributed by atoms with Crippen molar-refractivity contribution in [2.45, 2.75) is 31.5 Å². The van der Waals surface area contributed by atoms with Crippen LogP contribution in [0.25, 0.3) is 0 Å². The number of benzene rings is 1. The molecule has 1 aliphatic heterocycles. The fourth-order valence-electron chi connectivity index (χ4n) is 2.83. The lowest BCUT2D eigenvalue weighted by molar-refractivity contribution is -0.137. The molecule has 1 aromatic carbocycles. The molecule has 2 heterocycles. The second kappa shape index (κ2) is 7.45. The Labute approximate surface area is 146 Å². The third-order valence-corrected chi connectivity index (χ3v) is 4.14. The maximum absolute atomic E-state index is 13.4. The van der Waals surface area contributed by atoms with Crippen LogP contribution in [-0.2, 0) is 12.7 Å². The predicted molar refractivity (Wildman–Crippen MR) is 83.9 cm³/mol. The number of hydrogen-bond acceptors (Lipinski definition) is 4. The van der Waals surface area contributed by atoms with Crippen LogP contribution in [0.5, 0.6) is 0 Å². The molecule has 2 N–H and O–H groups in total. The maximum Gasteiger partial charge on any atom is 0.416 e. The topological polar surface area (TPSA) is 67.2 Å². The molecule has 26 heavy (non-hydrogen) atoms. The van der Waals surface area contributed by atoms with E-state index in [9.17, 15) is 22.4 Å². The summed E-state index contributed by atoms with van der Waals surface area (Å²) in [5.74, 6) is -1.07. The zero-order valence-electron chi connectivity index (χ0n) is 13.7. The van der Waals surface area contributed by atoms with Gasteiger partial charge in [0.2, 0.25) is 0 Å². The van der Waals surface area contributed by atoms with Crippen LogP contribution in [0.15, 0.2) is 28.9 Å². The van der Waals surface area contributed by atoms with Crippen molar-refractivity contribution in [2.75, 3.05) is 13.1 Å². The molecule has 1 aromatic heterocycles. The van der Waals surface area contributed by atoms with Crippen LogP contribution >= 0.6 is 0 Å². The van der Waals surface area contributed by atoms with Crippen molar-refractivity contribution in [3.63, 3.8) is 0 Å². The Balaban J connectivity index is 1.64. The highest BCUT2D eigenvalue weighted by atomic mass is 19.4. The molecule has 2 aromatic rings. The molecule has 5 nitrogen and oxygen atoms in total. The van der Waals surface area contributed by atoms with E-state index in [0.717, 1.165) is 31.5 Å². The number of carbonyl (C=O) groups excluding carboxylic acids is 1. The van der Waals surface area contributed by atoms with Crippen LogP contribution in [0.2, 0.25) is 0 Å². The van der Waals surface area contributed by atoms with E-state index in [-0.39, 0.29) is 23.7 Å². The minimum Gasteiger partial charge on any atom is -0.448 e. The van der Waals surface area contributed by atoms with Crippen molar-refractivity contribution < 1.29 is 26.8 Å². The SMILES string of the molecule is O=C(NCc1cc(F)cc(C(F)(F)F)c1)c1coc(C2CCCNC2)n1. The van der Waals surface area contributed by atoms with E-state index in [0.29, 0.717) is 18.5 Å². The summed E-state index contributed by atoms with van der Waals surface area (Å²) in [7, 11) is 0. The number of nitrogens with one attached hydrogen (secondary N) is 2. The molecule has 1 saturated heterocycles. The summed E-state index contributed by atoms with van der Waals surface area (Å²) in [4.78, 5) is 16.3. The van der Waals surface area contributed by atoms with Crippen molar-refractivity contribution in [3.8, 4) is 0 Å². The Bertz CT molecular complexity index is 783. The molecule has 9 heteroatoms. The third-order valence-electron chi connectivity index (χ3n) is 4.14. The molecule has 0 saturated carbocycles. The third kappa shape index (κ3) is 4.40. The lowest BCUT2D eigenvalue weighted by Gasteiger charge is -2.19. The van der Waals surface area contributed by atoms with Gasteiger partial charge in [-0.05, 0) is 43.1 Å². The number of alkyl halides is 3. The summed E-state index contributed by atoms with van der Waals surface area (Å²) in [6, 6.07) is 2.15. The monoisotopic (exact) mass is 371 g/mol. The number of piperidine rings is 1. The Hall–Kier alpha value is -2.42. The molecule has 3 rings (SSSR count). The number of rotatable bonds is 4. The van der Waals surface area contributed by atoms with Crippen LogP contribution in [-0.4, -0.2) is 24.0 Å². The standard InChI is InChI=1S/C17H17F4N3O2/c18-13-5-10(4-12(6-13)17(19,20)21)7-23-15(25)14-9-26-16(24-14)11-2-1-3-22-8-11/h4-6,9,11,22H,1-3,7-8H2,(H,23,25). The fourth-order valence-corrected chi connectivity index (χ4v) is 2.83. The highest BCUT2D eigenvalue weighted by molar-refractivity contribution is 5.91. The summed E-state index contributed by atoms with van der Waals surface area (Å²) in [5.41, 5.74) is -1.06. The van der Waals surface area contributed by atoms with Gasteiger partial charge < -0.3 is 15.1 Å². The molecule has 0 radical (unpaired) electrons. The summed E-state index contributed by atoms with van der Waals surface area (Å²) in [6.45, 7) is 1.38. The van der Waals surface area contributed by atoms with Gasteiger partial charge in [-0.15, -0.1) is 0 Å². The average Bonchev–Trinajstić information content (AvgIpc) is 3.09. The van der Waals surface area contributed by atoms with Crippen LogP contribution in [0.3, 0.4) is 0 Å². The van der Waals surface area contributed by atoms with Crippen molar-refractivity contribution >= 4 is 5.91 Å². The molecule has 1 atom stereocenters. The lowest BCUT2D eigenvalue weighted by atomic mass is 10.00. The van der Waals surface area contributed by atoms with Crippen LogP contribution in [0.4, 0.5) is 17.6 Å². The Morgan fingerprint density at radius 2 is 2.15 bits per heavy atom. The number of hydrogen-bond donors (Lipinski definition) is 2. The van der Waals surface area contributed by atoms with E-state index >= 15 is 0 Å². The van der Waals surface area contributed by atoms with Crippen molar-refractivity contribution in [2.24, 2.45) is 0 Å². The summed E-state index contributed by atoms with van der Waals surface area (Å²) in [6.07, 6.45) is -1.56. The normalized spacial score (nSPS) is 17.9. The van der Waals surface area contributed by atoms with Gasteiger partial charge >= 0.3 is 6.18 Å². The van der Waals surface area contributed by atoms with Gasteiger partial charge in [0, 0.05) is 19.0 Å². The van der Waals surface area contributed by atoms with Gasteiger partial charge in [0.05, 0.1) is 5.56 Å². The average molecular weight is 371 g/mol. The minimum atomic E-state index is -4.66. The second-order valence-corrected chi connectivity index (χ2v) is 6.14. The van der Waals surface area contributed by atoms with E-state index in [1.165, 1.54) is 6.26 Å². The molecule has 1 fully saturated rings.